The Balaban J connectivity index is 2.96. The van der Waals surface area contributed by atoms with Crippen molar-refractivity contribution in [2.45, 2.75) is 194 Å². The van der Waals surface area contributed by atoms with E-state index in [0.717, 1.165) is 0 Å². The Morgan fingerprint density at radius 1 is 0.543 bits per heavy atom. The molecule has 3 heteroatoms. The fraction of sp³-hybridized carbons (Fsp3) is 0.938. The van der Waals surface area contributed by atoms with Crippen LogP contribution < -0.4 is 0 Å². The largest absolute Gasteiger partial charge is 0.246 e. The maximum Gasteiger partial charge on any atom is 0.0886 e. The summed E-state index contributed by atoms with van der Waals surface area (Å²) in [4.78, 5) is 0. The quantitative estimate of drug-likeness (QED) is 0.135. The Bertz CT molecular complexity index is 580. The van der Waals surface area contributed by atoms with Gasteiger partial charge in [-0.15, -0.1) is 5.10 Å². The minimum absolute atomic E-state index is 0.106. The molecule has 0 aliphatic heterocycles. The van der Waals surface area contributed by atoms with Gasteiger partial charge in [0.1, 0.15) is 0 Å². The van der Waals surface area contributed by atoms with Gasteiger partial charge in [0.25, 0.3) is 0 Å². The highest BCUT2D eigenvalue weighted by Gasteiger charge is 2.33. The molecule has 1 aromatic heterocycles. The number of rotatable bonds is 24. The lowest BCUT2D eigenvalue weighted by Gasteiger charge is -2.31. The molecule has 0 radical (unpaired) electrons. The molecule has 3 nitrogen and oxygen atoms in total. The number of hydrogen-bond acceptors (Lipinski definition) is 2. The van der Waals surface area contributed by atoms with Crippen LogP contribution in [0, 0.1) is 0 Å². The zero-order valence-electron chi connectivity index (χ0n) is 25.0. The second-order valence-electron chi connectivity index (χ2n) is 12.1. The number of unbranched alkanes of at least 4 members (excludes halogenated alkanes) is 14. The Labute approximate surface area is 220 Å². The van der Waals surface area contributed by atoms with E-state index in [-0.39, 0.29) is 11.0 Å². The van der Waals surface area contributed by atoms with Gasteiger partial charge in [-0.05, 0) is 32.6 Å². The van der Waals surface area contributed by atoms with E-state index >= 15 is 0 Å². The molecule has 1 heterocycles. The van der Waals surface area contributed by atoms with E-state index in [9.17, 15) is 0 Å². The zero-order chi connectivity index (χ0) is 25.8. The van der Waals surface area contributed by atoms with Crippen LogP contribution in [0.4, 0.5) is 0 Å². The third-order valence-corrected chi connectivity index (χ3v) is 8.47. The van der Waals surface area contributed by atoms with Crippen LogP contribution in [-0.2, 0) is 11.0 Å². The molecular formula is C32H63N3. The molecule has 0 aliphatic carbocycles. The van der Waals surface area contributed by atoms with Gasteiger partial charge in [-0.2, -0.15) is 0 Å². The monoisotopic (exact) mass is 490 g/mol. The summed E-state index contributed by atoms with van der Waals surface area (Å²) < 4.78 is 2.30. The fourth-order valence-corrected chi connectivity index (χ4v) is 5.64. The number of aromatic nitrogens is 3. The first-order chi connectivity index (χ1) is 17.0. The predicted molar refractivity (Wildman–Crippen MR) is 155 cm³/mol. The third kappa shape index (κ3) is 12.8. The van der Waals surface area contributed by atoms with Gasteiger partial charge in [0, 0.05) is 11.6 Å². The summed E-state index contributed by atoms with van der Waals surface area (Å²) in [5.41, 5.74) is 1.53. The van der Waals surface area contributed by atoms with Gasteiger partial charge in [-0.3, -0.25) is 0 Å². The summed E-state index contributed by atoms with van der Waals surface area (Å²) in [5, 5.41) is 9.72. The molecule has 1 rings (SSSR count). The summed E-state index contributed by atoms with van der Waals surface area (Å²) in [6.45, 7) is 14.2. The standard InChI is InChI=1S/C32H63N3/c1-7-11-15-19-23-27-32(6,28-24-20-16-12-8-2)35-29-30(33-34-35)31(5,25-21-17-13-9-3)26-22-18-14-10-4/h29H,7-28H2,1-6H3. The second kappa shape index (κ2) is 19.3. The van der Waals surface area contributed by atoms with E-state index in [0.29, 0.717) is 0 Å². The minimum Gasteiger partial charge on any atom is -0.246 e. The fourth-order valence-electron chi connectivity index (χ4n) is 5.64. The predicted octanol–water partition coefficient (Wildman–Crippen LogP) is 10.9. The van der Waals surface area contributed by atoms with Crippen molar-refractivity contribution in [1.29, 1.82) is 0 Å². The molecule has 1 aromatic rings. The molecule has 0 aromatic carbocycles. The molecule has 0 N–H and O–H groups in total. The van der Waals surface area contributed by atoms with Crippen molar-refractivity contribution in [3.8, 4) is 0 Å². The summed E-state index contributed by atoms with van der Waals surface area (Å²) in [7, 11) is 0. The molecule has 0 spiro atoms. The molecular weight excluding hydrogens is 426 g/mol. The minimum atomic E-state index is 0.106. The van der Waals surface area contributed by atoms with Crippen LogP contribution in [0.3, 0.4) is 0 Å². The Hall–Kier alpha value is -0.860. The van der Waals surface area contributed by atoms with E-state index in [4.69, 9.17) is 10.3 Å². The highest BCUT2D eigenvalue weighted by Crippen LogP contribution is 2.36. The van der Waals surface area contributed by atoms with Crippen LogP contribution >= 0.6 is 0 Å². The molecule has 0 unspecified atom stereocenters. The molecule has 0 amide bonds. The average molecular weight is 490 g/mol. The molecule has 0 bridgehead atoms. The first-order valence-corrected chi connectivity index (χ1v) is 15.9. The van der Waals surface area contributed by atoms with E-state index < -0.39 is 0 Å². The lowest BCUT2D eigenvalue weighted by atomic mass is 9.77. The first kappa shape index (κ1) is 32.2. The molecule has 0 saturated heterocycles. The summed E-state index contributed by atoms with van der Waals surface area (Å²) in [6.07, 6.45) is 31.4. The second-order valence-corrected chi connectivity index (χ2v) is 12.1. The van der Waals surface area contributed by atoms with Gasteiger partial charge in [-0.25, -0.2) is 4.68 Å². The Morgan fingerprint density at radius 2 is 0.914 bits per heavy atom. The van der Waals surface area contributed by atoms with Crippen LogP contribution in [0.15, 0.2) is 6.20 Å². The van der Waals surface area contributed by atoms with Gasteiger partial charge in [-0.1, -0.05) is 155 Å². The molecule has 0 atom stereocenters. The van der Waals surface area contributed by atoms with Crippen LogP contribution in [0.2, 0.25) is 0 Å². The normalized spacial score (nSPS) is 12.5. The summed E-state index contributed by atoms with van der Waals surface area (Å²) >= 11 is 0. The van der Waals surface area contributed by atoms with Crippen molar-refractivity contribution in [1.82, 2.24) is 15.0 Å². The molecule has 0 aliphatic rings. The summed E-state index contributed by atoms with van der Waals surface area (Å²) in [5.74, 6) is 0. The molecule has 35 heavy (non-hydrogen) atoms. The number of hydrogen-bond donors (Lipinski definition) is 0. The maximum atomic E-state index is 4.88. The van der Waals surface area contributed by atoms with Crippen LogP contribution in [0.1, 0.15) is 188 Å². The van der Waals surface area contributed by atoms with Crippen molar-refractivity contribution in [2.24, 2.45) is 0 Å². The first-order valence-electron chi connectivity index (χ1n) is 15.9. The van der Waals surface area contributed by atoms with Crippen molar-refractivity contribution in [3.05, 3.63) is 11.9 Å². The van der Waals surface area contributed by atoms with Crippen LogP contribution in [0.25, 0.3) is 0 Å². The van der Waals surface area contributed by atoms with Gasteiger partial charge >= 0.3 is 0 Å². The Morgan fingerprint density at radius 3 is 1.34 bits per heavy atom. The van der Waals surface area contributed by atoms with E-state index in [1.165, 1.54) is 147 Å². The van der Waals surface area contributed by atoms with Gasteiger partial charge in [0.05, 0.1) is 11.2 Å². The van der Waals surface area contributed by atoms with Crippen molar-refractivity contribution in [2.75, 3.05) is 0 Å². The smallest absolute Gasteiger partial charge is 0.0886 e. The lowest BCUT2D eigenvalue weighted by molar-refractivity contribution is 0.222. The highest BCUT2D eigenvalue weighted by molar-refractivity contribution is 5.11. The maximum absolute atomic E-state index is 4.88. The molecule has 0 saturated carbocycles. The topological polar surface area (TPSA) is 30.7 Å². The third-order valence-electron chi connectivity index (χ3n) is 8.47. The van der Waals surface area contributed by atoms with Crippen molar-refractivity contribution < 1.29 is 0 Å². The molecule has 206 valence electrons. The molecule has 0 fully saturated rings. The number of nitrogens with zero attached hydrogens (tertiary/aromatic N) is 3. The van der Waals surface area contributed by atoms with Crippen LogP contribution in [-0.4, -0.2) is 15.0 Å². The SMILES string of the molecule is CCCCCCCC(C)(CCCCCCC)n1cc(C(C)(CCCCCC)CCCCCC)nn1. The van der Waals surface area contributed by atoms with E-state index in [2.05, 4.69) is 52.4 Å². The lowest BCUT2D eigenvalue weighted by Crippen LogP contribution is -2.31. The van der Waals surface area contributed by atoms with Gasteiger partial charge in [0.2, 0.25) is 0 Å². The van der Waals surface area contributed by atoms with Crippen molar-refractivity contribution >= 4 is 0 Å². The van der Waals surface area contributed by atoms with Gasteiger partial charge in [0.15, 0.2) is 0 Å². The highest BCUT2D eigenvalue weighted by atomic mass is 15.4. The van der Waals surface area contributed by atoms with Gasteiger partial charge < -0.3 is 0 Å². The van der Waals surface area contributed by atoms with Crippen LogP contribution in [0.5, 0.6) is 0 Å². The Kier molecular flexibility index (Phi) is 17.7. The van der Waals surface area contributed by atoms with Crippen molar-refractivity contribution in [3.63, 3.8) is 0 Å². The van der Waals surface area contributed by atoms with E-state index in [1.54, 1.807) is 0 Å². The average Bonchev–Trinajstić information content (AvgIpc) is 3.37. The summed E-state index contributed by atoms with van der Waals surface area (Å²) in [6, 6.07) is 0. The zero-order valence-corrected chi connectivity index (χ0v) is 25.0. The van der Waals surface area contributed by atoms with E-state index in [1.807, 2.05) is 0 Å².